The zero-order chi connectivity index (χ0) is 18.9. The molecule has 0 aromatic heterocycles. The minimum absolute atomic E-state index is 0.0352. The van der Waals surface area contributed by atoms with Gasteiger partial charge in [-0.2, -0.15) is 0 Å². The van der Waals surface area contributed by atoms with Gasteiger partial charge in [0, 0.05) is 5.75 Å². The highest BCUT2D eigenvalue weighted by atomic mass is 32.2. The number of thioether (sulfide) groups is 1. The molecule has 0 aliphatic heterocycles. The number of aryl methyl sites for hydroxylation is 1. The van der Waals surface area contributed by atoms with E-state index in [1.54, 1.807) is 18.9 Å². The summed E-state index contributed by atoms with van der Waals surface area (Å²) in [6.07, 6.45) is 0.917. The van der Waals surface area contributed by atoms with E-state index in [-0.39, 0.29) is 11.9 Å². The van der Waals surface area contributed by atoms with Crippen LogP contribution in [0.3, 0.4) is 0 Å². The van der Waals surface area contributed by atoms with E-state index in [2.05, 4.69) is 50.4 Å². The van der Waals surface area contributed by atoms with Gasteiger partial charge in [0.1, 0.15) is 5.75 Å². The van der Waals surface area contributed by atoms with Crippen molar-refractivity contribution in [2.24, 2.45) is 5.92 Å². The quantitative estimate of drug-likeness (QED) is 0.663. The number of amides is 1. The maximum absolute atomic E-state index is 12.4. The summed E-state index contributed by atoms with van der Waals surface area (Å²) in [7, 11) is 1.66. The van der Waals surface area contributed by atoms with Crippen molar-refractivity contribution in [2.45, 2.75) is 39.0 Å². The maximum Gasteiger partial charge on any atom is 0.230 e. The van der Waals surface area contributed by atoms with Crippen LogP contribution in [0.25, 0.3) is 0 Å². The van der Waals surface area contributed by atoms with Gasteiger partial charge in [-0.3, -0.25) is 4.79 Å². The summed E-state index contributed by atoms with van der Waals surface area (Å²) in [5, 5.41) is 3.20. The Kier molecular flexibility index (Phi) is 8.05. The third-order valence-corrected chi connectivity index (χ3v) is 5.15. The first-order valence-electron chi connectivity index (χ1n) is 9.04. The first-order valence-corrected chi connectivity index (χ1v) is 10.2. The predicted molar refractivity (Wildman–Crippen MR) is 111 cm³/mol. The summed E-state index contributed by atoms with van der Waals surface area (Å²) in [5.41, 5.74) is 3.64. The molecule has 0 aliphatic carbocycles. The van der Waals surface area contributed by atoms with Crippen LogP contribution in [0.1, 0.15) is 43.0 Å². The number of nitrogens with one attached hydrogen (secondary N) is 1. The van der Waals surface area contributed by atoms with Crippen molar-refractivity contribution in [1.82, 2.24) is 5.32 Å². The first-order chi connectivity index (χ1) is 12.5. The average Bonchev–Trinajstić information content (AvgIpc) is 2.61. The number of methoxy groups -OCH3 is 1. The van der Waals surface area contributed by atoms with Crippen molar-refractivity contribution in [3.05, 3.63) is 65.2 Å². The molecule has 1 N–H and O–H groups in total. The van der Waals surface area contributed by atoms with E-state index in [9.17, 15) is 4.79 Å². The third-order valence-electron chi connectivity index (χ3n) is 4.14. The van der Waals surface area contributed by atoms with Gasteiger partial charge in [-0.25, -0.2) is 0 Å². The van der Waals surface area contributed by atoms with Gasteiger partial charge in [0.05, 0.1) is 18.9 Å². The monoisotopic (exact) mass is 371 g/mol. The summed E-state index contributed by atoms with van der Waals surface area (Å²) < 4.78 is 5.22. The first kappa shape index (κ1) is 20.4. The number of benzene rings is 2. The van der Waals surface area contributed by atoms with E-state index < -0.39 is 0 Å². The standard InChI is InChI=1S/C22H29NO2S/c1-16(2)12-21(19-8-10-20(25-4)11-9-19)23-22(24)15-26-14-18-7-5-6-17(3)13-18/h5-11,13,16,21H,12,14-15H2,1-4H3,(H,23,24). The lowest BCUT2D eigenvalue weighted by Gasteiger charge is -2.21. The molecule has 0 spiro atoms. The number of hydrogen-bond acceptors (Lipinski definition) is 3. The Morgan fingerprint density at radius 3 is 2.50 bits per heavy atom. The van der Waals surface area contributed by atoms with Crippen molar-refractivity contribution < 1.29 is 9.53 Å². The van der Waals surface area contributed by atoms with Crippen LogP contribution in [0.4, 0.5) is 0 Å². The van der Waals surface area contributed by atoms with Gasteiger partial charge in [-0.15, -0.1) is 11.8 Å². The molecule has 4 heteroatoms. The highest BCUT2D eigenvalue weighted by molar-refractivity contribution is 7.99. The Balaban J connectivity index is 1.90. The van der Waals surface area contributed by atoms with E-state index in [1.807, 2.05) is 24.3 Å². The lowest BCUT2D eigenvalue weighted by molar-refractivity contribution is -0.119. The van der Waals surface area contributed by atoms with Gasteiger partial charge in [-0.05, 0) is 42.5 Å². The Hall–Kier alpha value is -1.94. The zero-order valence-corrected chi connectivity index (χ0v) is 16.9. The van der Waals surface area contributed by atoms with Gasteiger partial charge in [0.2, 0.25) is 5.91 Å². The van der Waals surface area contributed by atoms with Gasteiger partial charge >= 0.3 is 0 Å². The Labute approximate surface area is 161 Å². The van der Waals surface area contributed by atoms with Crippen molar-refractivity contribution >= 4 is 17.7 Å². The van der Waals surface area contributed by atoms with Crippen LogP contribution in [0.15, 0.2) is 48.5 Å². The molecule has 0 radical (unpaired) electrons. The average molecular weight is 372 g/mol. The second-order valence-electron chi connectivity index (χ2n) is 7.00. The molecular formula is C22H29NO2S. The molecule has 2 aromatic rings. The largest absolute Gasteiger partial charge is 0.497 e. The van der Waals surface area contributed by atoms with Gasteiger partial charge in [0.25, 0.3) is 0 Å². The number of rotatable bonds is 9. The van der Waals surface area contributed by atoms with Gasteiger partial charge < -0.3 is 10.1 Å². The number of hydrogen-bond donors (Lipinski definition) is 1. The zero-order valence-electron chi connectivity index (χ0n) is 16.1. The minimum atomic E-state index is 0.0352. The summed E-state index contributed by atoms with van der Waals surface area (Å²) in [6, 6.07) is 16.4. The molecular weight excluding hydrogens is 342 g/mol. The molecule has 1 amide bonds. The van der Waals surface area contributed by atoms with Crippen LogP contribution < -0.4 is 10.1 Å². The number of carbonyl (C=O) groups is 1. The van der Waals surface area contributed by atoms with Crippen LogP contribution >= 0.6 is 11.8 Å². The second-order valence-corrected chi connectivity index (χ2v) is 7.99. The lowest BCUT2D eigenvalue weighted by Crippen LogP contribution is -2.30. The third kappa shape index (κ3) is 6.75. The topological polar surface area (TPSA) is 38.3 Å². The van der Waals surface area contributed by atoms with Gasteiger partial charge in [0.15, 0.2) is 0 Å². The summed E-state index contributed by atoms with van der Waals surface area (Å²) in [5.74, 6) is 2.74. The molecule has 0 fully saturated rings. The van der Waals surface area contributed by atoms with E-state index in [1.165, 1.54) is 11.1 Å². The molecule has 0 saturated carbocycles. The van der Waals surface area contributed by atoms with Crippen LogP contribution in [0.5, 0.6) is 5.75 Å². The van der Waals surface area contributed by atoms with Crippen LogP contribution in [0, 0.1) is 12.8 Å². The molecule has 2 rings (SSSR count). The molecule has 3 nitrogen and oxygen atoms in total. The van der Waals surface area contributed by atoms with E-state index in [0.29, 0.717) is 11.7 Å². The van der Waals surface area contributed by atoms with Gasteiger partial charge in [-0.1, -0.05) is 55.8 Å². The Bertz CT molecular complexity index is 698. The van der Waals surface area contributed by atoms with Crippen molar-refractivity contribution in [2.75, 3.05) is 12.9 Å². The molecule has 0 heterocycles. The normalized spacial score (nSPS) is 12.0. The highest BCUT2D eigenvalue weighted by Gasteiger charge is 2.16. The molecule has 2 aromatic carbocycles. The second kappa shape index (κ2) is 10.3. The van der Waals surface area contributed by atoms with E-state index >= 15 is 0 Å². The Morgan fingerprint density at radius 1 is 1.15 bits per heavy atom. The number of ether oxygens (including phenoxy) is 1. The van der Waals surface area contributed by atoms with Crippen LogP contribution in [-0.4, -0.2) is 18.8 Å². The maximum atomic E-state index is 12.4. The van der Waals surface area contributed by atoms with Crippen LogP contribution in [-0.2, 0) is 10.5 Å². The molecule has 26 heavy (non-hydrogen) atoms. The fraction of sp³-hybridized carbons (Fsp3) is 0.409. The molecule has 0 aliphatic rings. The molecule has 0 saturated heterocycles. The summed E-state index contributed by atoms with van der Waals surface area (Å²) in [4.78, 5) is 12.4. The van der Waals surface area contributed by atoms with Crippen molar-refractivity contribution in [1.29, 1.82) is 0 Å². The van der Waals surface area contributed by atoms with E-state index in [4.69, 9.17) is 4.74 Å². The molecule has 1 atom stereocenters. The molecule has 0 bridgehead atoms. The summed E-state index contributed by atoms with van der Waals surface area (Å²) in [6.45, 7) is 6.44. The van der Waals surface area contributed by atoms with Crippen molar-refractivity contribution in [3.63, 3.8) is 0 Å². The molecule has 140 valence electrons. The fourth-order valence-electron chi connectivity index (χ4n) is 2.89. The smallest absolute Gasteiger partial charge is 0.230 e. The SMILES string of the molecule is COc1ccc(C(CC(C)C)NC(=O)CSCc2cccc(C)c2)cc1. The highest BCUT2D eigenvalue weighted by Crippen LogP contribution is 2.24. The number of carbonyl (C=O) groups excluding carboxylic acids is 1. The minimum Gasteiger partial charge on any atom is -0.497 e. The van der Waals surface area contributed by atoms with Crippen molar-refractivity contribution in [3.8, 4) is 5.75 Å². The fourth-order valence-corrected chi connectivity index (χ4v) is 3.67. The van der Waals surface area contributed by atoms with E-state index in [0.717, 1.165) is 23.5 Å². The predicted octanol–water partition coefficient (Wildman–Crippen LogP) is 5.14. The lowest BCUT2D eigenvalue weighted by atomic mass is 9.97. The Morgan fingerprint density at radius 2 is 1.88 bits per heavy atom. The summed E-state index contributed by atoms with van der Waals surface area (Å²) >= 11 is 1.65. The van der Waals surface area contributed by atoms with Crippen LogP contribution in [0.2, 0.25) is 0 Å². The molecule has 1 unspecified atom stereocenters.